The number of nitrogens with zero attached hydrogens (tertiary/aromatic N) is 2. The minimum atomic E-state index is 0.891. The van der Waals surface area contributed by atoms with E-state index in [-0.39, 0.29) is 0 Å². The quantitative estimate of drug-likeness (QED) is 0.609. The van der Waals surface area contributed by atoms with Gasteiger partial charge in [-0.2, -0.15) is 4.57 Å². The molecule has 1 aromatic heterocycles. The average molecular weight is 364 g/mol. The van der Waals surface area contributed by atoms with Gasteiger partial charge in [-0.15, -0.1) is 0 Å². The second-order valence-electron chi connectivity index (χ2n) is 6.54. The fraction of sp³-hybridized carbons (Fsp3) is 0.227. The number of anilines is 1. The third kappa shape index (κ3) is 2.84. The van der Waals surface area contributed by atoms with Gasteiger partial charge in [0.1, 0.15) is 12.3 Å². The molecule has 4 heteroatoms. The molecule has 2 heterocycles. The van der Waals surface area contributed by atoms with Gasteiger partial charge in [0.2, 0.25) is 11.2 Å². The van der Waals surface area contributed by atoms with Gasteiger partial charge in [0, 0.05) is 41.6 Å². The van der Waals surface area contributed by atoms with Gasteiger partial charge in [-0.1, -0.05) is 17.8 Å². The van der Waals surface area contributed by atoms with Crippen molar-refractivity contribution in [2.45, 2.75) is 25.3 Å². The summed E-state index contributed by atoms with van der Waals surface area (Å²) in [6, 6.07) is 17.3. The van der Waals surface area contributed by atoms with E-state index in [1.54, 1.807) is 18.9 Å². The van der Waals surface area contributed by atoms with Crippen molar-refractivity contribution in [2.24, 2.45) is 0 Å². The van der Waals surface area contributed by atoms with Crippen molar-refractivity contribution in [1.29, 1.82) is 0 Å². The Labute approximate surface area is 158 Å². The predicted octanol–water partition coefficient (Wildman–Crippen LogP) is 5.00. The lowest BCUT2D eigenvalue weighted by Gasteiger charge is -2.14. The van der Waals surface area contributed by atoms with Gasteiger partial charge in [-0.3, -0.25) is 0 Å². The highest BCUT2D eigenvalue weighted by molar-refractivity contribution is 8.03. The molecule has 0 fully saturated rings. The number of fused-ring (bicyclic) bond motifs is 2. The van der Waals surface area contributed by atoms with Crippen LogP contribution in [0.4, 0.5) is 5.69 Å². The van der Waals surface area contributed by atoms with Crippen LogP contribution in [0.5, 0.6) is 5.75 Å². The molecule has 4 rings (SSSR count). The van der Waals surface area contributed by atoms with Crippen molar-refractivity contribution in [2.75, 3.05) is 19.1 Å². The van der Waals surface area contributed by atoms with Gasteiger partial charge in [-0.25, -0.2) is 0 Å². The molecule has 0 unspecified atom stereocenters. The Morgan fingerprint density at radius 1 is 1.12 bits per heavy atom. The monoisotopic (exact) mass is 363 g/mol. The van der Waals surface area contributed by atoms with Gasteiger partial charge < -0.3 is 9.64 Å². The molecular weight excluding hydrogens is 340 g/mol. The smallest absolute Gasteiger partial charge is 0.213 e. The SMILES string of the molecule is CC[n+]1c(/C=C2/Sc3ccc(OC)cc3N2C)ccc2ccc(C)cc21. The Balaban J connectivity index is 1.79. The number of rotatable bonds is 3. The van der Waals surface area contributed by atoms with Crippen molar-refractivity contribution < 1.29 is 9.30 Å². The number of hydrogen-bond acceptors (Lipinski definition) is 3. The van der Waals surface area contributed by atoms with Crippen LogP contribution in [0.25, 0.3) is 17.0 Å². The summed E-state index contributed by atoms with van der Waals surface area (Å²) in [5.74, 6) is 0.891. The molecule has 3 nitrogen and oxygen atoms in total. The van der Waals surface area contributed by atoms with E-state index >= 15 is 0 Å². The van der Waals surface area contributed by atoms with Gasteiger partial charge in [0.15, 0.2) is 0 Å². The fourth-order valence-electron chi connectivity index (χ4n) is 3.44. The molecular formula is C22H23N2OS+. The van der Waals surface area contributed by atoms with Crippen molar-refractivity contribution in [3.63, 3.8) is 0 Å². The highest BCUT2D eigenvalue weighted by Gasteiger charge is 2.24. The van der Waals surface area contributed by atoms with Crippen LogP contribution in [0.1, 0.15) is 18.2 Å². The molecule has 1 aliphatic heterocycles. The normalized spacial score (nSPS) is 14.9. The minimum absolute atomic E-state index is 0.891. The van der Waals surface area contributed by atoms with E-state index in [1.165, 1.54) is 37.8 Å². The molecule has 0 radical (unpaired) electrons. The first-order chi connectivity index (χ1) is 12.6. The Hall–Kier alpha value is -2.46. The first-order valence-corrected chi connectivity index (χ1v) is 9.67. The molecule has 0 spiro atoms. The maximum absolute atomic E-state index is 5.38. The van der Waals surface area contributed by atoms with E-state index < -0.39 is 0 Å². The number of benzene rings is 2. The second kappa shape index (κ2) is 6.69. The molecule has 0 atom stereocenters. The molecule has 132 valence electrons. The summed E-state index contributed by atoms with van der Waals surface area (Å²) in [6.07, 6.45) is 2.28. The number of thioether (sulfide) groups is 1. The lowest BCUT2D eigenvalue weighted by Crippen LogP contribution is -2.37. The van der Waals surface area contributed by atoms with Crippen LogP contribution in [0.2, 0.25) is 0 Å². The first kappa shape index (κ1) is 17.0. The molecule has 0 amide bonds. The highest BCUT2D eigenvalue weighted by Crippen LogP contribution is 2.46. The van der Waals surface area contributed by atoms with Crippen LogP contribution in [0, 0.1) is 6.92 Å². The second-order valence-corrected chi connectivity index (χ2v) is 7.60. The van der Waals surface area contributed by atoms with Crippen LogP contribution in [-0.4, -0.2) is 14.2 Å². The summed E-state index contributed by atoms with van der Waals surface area (Å²) in [7, 11) is 3.83. The number of aromatic nitrogens is 1. The number of hydrogen-bond donors (Lipinski definition) is 0. The highest BCUT2D eigenvalue weighted by atomic mass is 32.2. The maximum atomic E-state index is 5.38. The van der Waals surface area contributed by atoms with Gasteiger partial charge >= 0.3 is 0 Å². The van der Waals surface area contributed by atoms with Crippen molar-refractivity contribution >= 4 is 34.4 Å². The molecule has 0 bridgehead atoms. The van der Waals surface area contributed by atoms with E-state index in [0.29, 0.717) is 0 Å². The fourth-order valence-corrected chi connectivity index (χ4v) is 4.51. The van der Waals surface area contributed by atoms with Crippen LogP contribution in [-0.2, 0) is 6.54 Å². The molecule has 3 aromatic rings. The van der Waals surface area contributed by atoms with E-state index in [4.69, 9.17) is 4.74 Å². The van der Waals surface area contributed by atoms with E-state index in [2.05, 4.69) is 78.9 Å². The third-order valence-electron chi connectivity index (χ3n) is 4.88. The van der Waals surface area contributed by atoms with E-state index in [1.807, 2.05) is 6.07 Å². The van der Waals surface area contributed by atoms with E-state index in [0.717, 1.165) is 12.3 Å². The Morgan fingerprint density at radius 3 is 2.69 bits per heavy atom. The van der Waals surface area contributed by atoms with Crippen LogP contribution < -0.4 is 14.2 Å². The summed E-state index contributed by atoms with van der Waals surface area (Å²) < 4.78 is 7.76. The number of pyridine rings is 1. The van der Waals surface area contributed by atoms with Crippen molar-refractivity contribution in [3.8, 4) is 5.75 Å². The molecule has 26 heavy (non-hydrogen) atoms. The number of ether oxygens (including phenoxy) is 1. The Morgan fingerprint density at radius 2 is 1.92 bits per heavy atom. The van der Waals surface area contributed by atoms with Crippen molar-refractivity contribution in [1.82, 2.24) is 0 Å². The summed E-state index contributed by atoms with van der Waals surface area (Å²) in [4.78, 5) is 3.50. The largest absolute Gasteiger partial charge is 0.497 e. The molecule has 0 N–H and O–H groups in total. The summed E-state index contributed by atoms with van der Waals surface area (Å²) in [5.41, 5.74) is 4.99. The Kier molecular flexibility index (Phi) is 4.37. The van der Waals surface area contributed by atoms with Gasteiger partial charge in [0.05, 0.1) is 17.8 Å². The third-order valence-corrected chi connectivity index (χ3v) is 6.05. The van der Waals surface area contributed by atoms with Crippen LogP contribution >= 0.6 is 11.8 Å². The molecule has 1 aliphatic rings. The first-order valence-electron chi connectivity index (χ1n) is 8.85. The lowest BCUT2D eigenvalue weighted by molar-refractivity contribution is -0.669. The molecule has 0 aliphatic carbocycles. The molecule has 2 aromatic carbocycles. The topological polar surface area (TPSA) is 16.4 Å². The lowest BCUT2D eigenvalue weighted by atomic mass is 10.1. The molecule has 0 saturated carbocycles. The van der Waals surface area contributed by atoms with Gasteiger partial charge in [0.25, 0.3) is 0 Å². The standard InChI is InChI=1S/C22H23N2OS/c1-5-24-17(9-8-16-7-6-15(2)12-19(16)24)13-22-23(3)20-14-18(25-4)10-11-21(20)26-22/h6-14H,5H2,1-4H3/q+1. The van der Waals surface area contributed by atoms with Gasteiger partial charge in [-0.05, 0) is 43.7 Å². The number of methoxy groups -OCH3 is 1. The minimum Gasteiger partial charge on any atom is -0.497 e. The van der Waals surface area contributed by atoms with Crippen LogP contribution in [0.3, 0.4) is 0 Å². The van der Waals surface area contributed by atoms with E-state index in [9.17, 15) is 0 Å². The van der Waals surface area contributed by atoms with Crippen LogP contribution in [0.15, 0.2) is 58.5 Å². The number of aryl methyl sites for hydroxylation is 2. The molecule has 0 saturated heterocycles. The zero-order valence-electron chi connectivity index (χ0n) is 15.6. The maximum Gasteiger partial charge on any atom is 0.213 e. The van der Waals surface area contributed by atoms with Crippen molar-refractivity contribution in [3.05, 3.63) is 64.8 Å². The summed E-state index contributed by atoms with van der Waals surface area (Å²) >= 11 is 1.80. The average Bonchev–Trinajstić information content (AvgIpc) is 2.96. The zero-order chi connectivity index (χ0) is 18.3. The Bertz CT molecular complexity index is 1030. The summed E-state index contributed by atoms with van der Waals surface area (Å²) in [5, 5.41) is 2.50. The summed E-state index contributed by atoms with van der Waals surface area (Å²) in [6.45, 7) is 5.29. The predicted molar refractivity (Wildman–Crippen MR) is 110 cm³/mol. The zero-order valence-corrected chi connectivity index (χ0v) is 16.4.